The lowest BCUT2D eigenvalue weighted by Gasteiger charge is -2.32. The zero-order valence-corrected chi connectivity index (χ0v) is 18.5. The fourth-order valence-electron chi connectivity index (χ4n) is 3.08. The summed E-state index contributed by atoms with van der Waals surface area (Å²) in [5.41, 5.74) is -0.812. The Hall–Kier alpha value is -1.57. The van der Waals surface area contributed by atoms with Crippen LogP contribution in [0.15, 0.2) is 30.3 Å². The summed E-state index contributed by atoms with van der Waals surface area (Å²) in [7, 11) is -2.27. The van der Waals surface area contributed by atoms with Gasteiger partial charge in [-0.25, -0.2) is 13.2 Å². The Morgan fingerprint density at radius 2 is 1.83 bits per heavy atom. The molecule has 0 aromatic heterocycles. The van der Waals surface area contributed by atoms with E-state index < -0.39 is 33.3 Å². The summed E-state index contributed by atoms with van der Waals surface area (Å²) >= 11 is 1.91. The molecule has 0 aliphatic carbocycles. The number of anilines is 3. The fraction of sp³-hybridized carbons (Fsp3) is 0.333. The quantitative estimate of drug-likeness (QED) is 0.488. The first-order valence-corrected chi connectivity index (χ1v) is 11.4. The Labute approximate surface area is 181 Å². The molecule has 1 unspecified atom stereocenters. The van der Waals surface area contributed by atoms with Crippen molar-refractivity contribution in [2.45, 2.75) is 18.9 Å². The van der Waals surface area contributed by atoms with E-state index in [-0.39, 0.29) is 24.0 Å². The van der Waals surface area contributed by atoms with Gasteiger partial charge in [-0.15, -0.1) is 0 Å². The van der Waals surface area contributed by atoms with Crippen LogP contribution in [0.3, 0.4) is 0 Å². The maximum absolute atomic E-state index is 14.5. The van der Waals surface area contributed by atoms with Crippen LogP contribution in [0.25, 0.3) is 0 Å². The van der Waals surface area contributed by atoms with Crippen LogP contribution in [0.1, 0.15) is 12.8 Å². The molecule has 0 saturated carbocycles. The minimum absolute atomic E-state index is 0.00348. The third kappa shape index (κ3) is 5.13. The summed E-state index contributed by atoms with van der Waals surface area (Å²) in [5.74, 6) is -3.17. The largest absolute Gasteiger partial charge is 0.349 e. The van der Waals surface area contributed by atoms with Gasteiger partial charge in [-0.05, 0) is 72.8 Å². The van der Waals surface area contributed by atoms with E-state index in [1.807, 2.05) is 22.6 Å². The van der Waals surface area contributed by atoms with Crippen LogP contribution >= 0.6 is 22.6 Å². The number of hydrogen-bond acceptors (Lipinski definition) is 4. The van der Waals surface area contributed by atoms with Gasteiger partial charge in [0.05, 0.1) is 11.4 Å². The number of nitrogens with zero attached hydrogens (tertiary/aromatic N) is 1. The first kappa shape index (κ1) is 22.1. The van der Waals surface area contributed by atoms with Gasteiger partial charge in [-0.3, -0.25) is 4.72 Å². The van der Waals surface area contributed by atoms with Gasteiger partial charge in [0.15, 0.2) is 11.6 Å². The van der Waals surface area contributed by atoms with E-state index in [9.17, 15) is 21.6 Å². The maximum Gasteiger partial charge on any atom is 0.301 e. The molecule has 3 rings (SSSR count). The molecule has 0 amide bonds. The number of likely N-dealkylation sites (N-methyl/N-ethyl adjacent to an activating group) is 1. The zero-order chi connectivity index (χ0) is 21.2. The van der Waals surface area contributed by atoms with Crippen LogP contribution in [0.5, 0.6) is 0 Å². The van der Waals surface area contributed by atoms with E-state index >= 15 is 0 Å². The van der Waals surface area contributed by atoms with Crippen LogP contribution in [0.2, 0.25) is 0 Å². The summed E-state index contributed by atoms with van der Waals surface area (Å²) in [6, 6.07) is 6.08. The predicted molar refractivity (Wildman–Crippen MR) is 115 cm³/mol. The van der Waals surface area contributed by atoms with Crippen molar-refractivity contribution in [3.63, 3.8) is 0 Å². The van der Waals surface area contributed by atoms with Gasteiger partial charge in [-0.1, -0.05) is 0 Å². The molecule has 2 aromatic rings. The van der Waals surface area contributed by atoms with Gasteiger partial charge >= 0.3 is 10.2 Å². The van der Waals surface area contributed by atoms with Gasteiger partial charge in [0, 0.05) is 22.7 Å². The molecular weight excluding hydrogens is 520 g/mol. The van der Waals surface area contributed by atoms with Crippen molar-refractivity contribution in [2.75, 3.05) is 30.2 Å². The first-order chi connectivity index (χ1) is 13.7. The normalized spacial score (nSPS) is 17.9. The van der Waals surface area contributed by atoms with Crippen molar-refractivity contribution in [3.8, 4) is 0 Å². The number of nitrogens with one attached hydrogen (secondary N) is 3. The summed E-state index contributed by atoms with van der Waals surface area (Å²) in [6.45, 7) is 0.565. The molecule has 158 valence electrons. The van der Waals surface area contributed by atoms with Gasteiger partial charge in [-0.2, -0.15) is 12.7 Å². The lowest BCUT2D eigenvalue weighted by molar-refractivity contribution is 0.294. The summed E-state index contributed by atoms with van der Waals surface area (Å²) < 4.78 is 72.2. The smallest absolute Gasteiger partial charge is 0.301 e. The van der Waals surface area contributed by atoms with E-state index in [4.69, 9.17) is 0 Å². The molecular formula is C18H20F3IN4O2S. The SMILES string of the molecule is CNC1CCCN(S(=O)(=O)Nc2ccc(F)c(F)c2Nc2ccc(I)cc2F)C1. The zero-order valence-electron chi connectivity index (χ0n) is 15.5. The number of hydrogen-bond donors (Lipinski definition) is 3. The second kappa shape index (κ2) is 9.06. The number of halogens is 4. The molecule has 0 bridgehead atoms. The number of rotatable bonds is 6. The second-order valence-electron chi connectivity index (χ2n) is 6.63. The van der Waals surface area contributed by atoms with Crippen LogP contribution in [0, 0.1) is 21.0 Å². The minimum atomic E-state index is -4.02. The summed E-state index contributed by atoms with van der Waals surface area (Å²) in [4.78, 5) is 0. The summed E-state index contributed by atoms with van der Waals surface area (Å²) in [5, 5.41) is 5.51. The van der Waals surface area contributed by atoms with Crippen molar-refractivity contribution in [3.05, 3.63) is 51.4 Å². The Balaban J connectivity index is 1.92. The monoisotopic (exact) mass is 540 g/mol. The van der Waals surface area contributed by atoms with Crippen molar-refractivity contribution in [2.24, 2.45) is 0 Å². The topological polar surface area (TPSA) is 73.5 Å². The van der Waals surface area contributed by atoms with Crippen molar-refractivity contribution < 1.29 is 21.6 Å². The lowest BCUT2D eigenvalue weighted by Crippen LogP contribution is -2.48. The average molecular weight is 540 g/mol. The van der Waals surface area contributed by atoms with Crippen molar-refractivity contribution >= 4 is 49.9 Å². The molecule has 0 radical (unpaired) electrons. The molecule has 11 heteroatoms. The highest BCUT2D eigenvalue weighted by Gasteiger charge is 2.29. The Morgan fingerprint density at radius 3 is 2.52 bits per heavy atom. The molecule has 1 aliphatic rings. The summed E-state index contributed by atoms with van der Waals surface area (Å²) in [6.07, 6.45) is 1.51. The van der Waals surface area contributed by atoms with Gasteiger partial charge < -0.3 is 10.6 Å². The van der Waals surface area contributed by atoms with E-state index in [0.717, 1.165) is 18.6 Å². The van der Waals surface area contributed by atoms with E-state index in [1.165, 1.54) is 16.4 Å². The first-order valence-electron chi connectivity index (χ1n) is 8.86. The number of piperidine rings is 1. The standard InChI is InChI=1S/C18H20F3IN4O2S/c1-23-12-3-2-8-26(10-12)29(27,28)25-16-7-5-13(19)17(21)18(16)24-15-6-4-11(22)9-14(15)20/h4-7,9,12,23-25H,2-3,8,10H2,1H3. The van der Waals surface area contributed by atoms with E-state index in [1.54, 1.807) is 13.1 Å². The average Bonchev–Trinajstić information content (AvgIpc) is 2.69. The van der Waals surface area contributed by atoms with E-state index in [0.29, 0.717) is 16.5 Å². The van der Waals surface area contributed by atoms with E-state index in [2.05, 4.69) is 15.4 Å². The molecule has 1 heterocycles. The third-order valence-corrected chi connectivity index (χ3v) is 6.82. The van der Waals surface area contributed by atoms with Gasteiger partial charge in [0.1, 0.15) is 11.5 Å². The maximum atomic E-state index is 14.5. The van der Waals surface area contributed by atoms with Crippen LogP contribution < -0.4 is 15.4 Å². The molecule has 1 fully saturated rings. The molecule has 29 heavy (non-hydrogen) atoms. The fourth-order valence-corrected chi connectivity index (χ4v) is 4.86. The molecule has 2 aromatic carbocycles. The van der Waals surface area contributed by atoms with Crippen molar-refractivity contribution in [1.82, 2.24) is 9.62 Å². The molecule has 1 atom stereocenters. The Bertz CT molecular complexity index is 1010. The second-order valence-corrected chi connectivity index (χ2v) is 9.54. The molecule has 1 saturated heterocycles. The van der Waals surface area contributed by atoms with Crippen LogP contribution in [-0.4, -0.2) is 38.9 Å². The highest BCUT2D eigenvalue weighted by atomic mass is 127. The third-order valence-electron chi connectivity index (χ3n) is 4.66. The van der Waals surface area contributed by atoms with Gasteiger partial charge in [0.25, 0.3) is 0 Å². The molecule has 3 N–H and O–H groups in total. The molecule has 1 aliphatic heterocycles. The van der Waals surface area contributed by atoms with Crippen LogP contribution in [0.4, 0.5) is 30.2 Å². The van der Waals surface area contributed by atoms with Crippen LogP contribution in [-0.2, 0) is 10.2 Å². The highest BCUT2D eigenvalue weighted by Crippen LogP contribution is 2.33. The lowest BCUT2D eigenvalue weighted by atomic mass is 10.1. The molecule has 6 nitrogen and oxygen atoms in total. The highest BCUT2D eigenvalue weighted by molar-refractivity contribution is 14.1. The Morgan fingerprint density at radius 1 is 1.10 bits per heavy atom. The number of benzene rings is 2. The minimum Gasteiger partial charge on any atom is -0.349 e. The predicted octanol–water partition coefficient (Wildman–Crippen LogP) is 3.79. The molecule has 0 spiro atoms. The van der Waals surface area contributed by atoms with Gasteiger partial charge in [0.2, 0.25) is 0 Å². The van der Waals surface area contributed by atoms with Crippen molar-refractivity contribution in [1.29, 1.82) is 0 Å². The Kier molecular flexibility index (Phi) is 6.91.